The predicted molar refractivity (Wildman–Crippen MR) is 117 cm³/mol. The van der Waals surface area contributed by atoms with Crippen LogP contribution in [0.25, 0.3) is 0 Å². The number of hydrogen-bond acceptors (Lipinski definition) is 4. The van der Waals surface area contributed by atoms with E-state index in [-0.39, 0.29) is 43.1 Å². The molecule has 152 valence electrons. The fourth-order valence-corrected chi connectivity index (χ4v) is 4.27. The zero-order valence-electron chi connectivity index (χ0n) is 16.2. The molecule has 1 aliphatic rings. The number of amides is 3. The van der Waals surface area contributed by atoms with Gasteiger partial charge >= 0.3 is 0 Å². The Hall–Kier alpha value is -3.45. The Morgan fingerprint density at radius 1 is 1.00 bits per heavy atom. The standard InChI is InChI=1S/C23H21N3O3S/c27-20(25-23(19-11-6-14-30-19)16-7-2-1-3-8-16)12-13-22(29)26-15-21(28)24-17-9-4-5-10-18(17)26/h1-11,14,23H,12-13,15H2,(H,24,28)(H,25,27). The highest BCUT2D eigenvalue weighted by Gasteiger charge is 2.27. The summed E-state index contributed by atoms with van der Waals surface area (Å²) in [4.78, 5) is 39.8. The Balaban J connectivity index is 1.42. The van der Waals surface area contributed by atoms with Crippen molar-refractivity contribution in [1.82, 2.24) is 5.32 Å². The molecule has 30 heavy (non-hydrogen) atoms. The van der Waals surface area contributed by atoms with Gasteiger partial charge in [0, 0.05) is 17.7 Å². The molecule has 4 rings (SSSR count). The molecule has 6 nitrogen and oxygen atoms in total. The molecule has 3 amide bonds. The predicted octanol–water partition coefficient (Wildman–Crippen LogP) is 3.72. The summed E-state index contributed by atoms with van der Waals surface area (Å²) in [6, 6.07) is 20.6. The molecule has 7 heteroatoms. The number of carbonyl (C=O) groups excluding carboxylic acids is 3. The molecule has 2 aromatic carbocycles. The maximum atomic E-state index is 12.8. The lowest BCUT2D eigenvalue weighted by atomic mass is 10.0. The van der Waals surface area contributed by atoms with Crippen molar-refractivity contribution in [2.75, 3.05) is 16.8 Å². The highest BCUT2D eigenvalue weighted by Crippen LogP contribution is 2.30. The number of carbonyl (C=O) groups is 3. The van der Waals surface area contributed by atoms with E-state index in [0.29, 0.717) is 11.4 Å². The first kappa shape index (κ1) is 19.8. The van der Waals surface area contributed by atoms with Crippen LogP contribution < -0.4 is 15.5 Å². The van der Waals surface area contributed by atoms with Crippen LogP contribution in [-0.4, -0.2) is 24.3 Å². The van der Waals surface area contributed by atoms with E-state index in [9.17, 15) is 14.4 Å². The Kier molecular flexibility index (Phi) is 5.90. The van der Waals surface area contributed by atoms with Crippen LogP contribution in [0.1, 0.15) is 29.3 Å². The average Bonchev–Trinajstić information content (AvgIpc) is 3.30. The quantitative estimate of drug-likeness (QED) is 0.639. The maximum Gasteiger partial charge on any atom is 0.244 e. The van der Waals surface area contributed by atoms with Gasteiger partial charge in [-0.25, -0.2) is 0 Å². The average molecular weight is 420 g/mol. The monoisotopic (exact) mass is 419 g/mol. The van der Waals surface area contributed by atoms with Crippen LogP contribution >= 0.6 is 11.3 Å². The lowest BCUT2D eigenvalue weighted by Crippen LogP contribution is -2.42. The summed E-state index contributed by atoms with van der Waals surface area (Å²) < 4.78 is 0. The summed E-state index contributed by atoms with van der Waals surface area (Å²) >= 11 is 1.57. The highest BCUT2D eigenvalue weighted by atomic mass is 32.1. The zero-order valence-corrected chi connectivity index (χ0v) is 17.0. The zero-order chi connectivity index (χ0) is 20.9. The minimum atomic E-state index is -0.254. The molecule has 0 saturated carbocycles. The molecule has 3 aromatic rings. The molecule has 0 aliphatic carbocycles. The van der Waals surface area contributed by atoms with Crippen LogP contribution in [0.15, 0.2) is 72.1 Å². The molecule has 1 aliphatic heterocycles. The fourth-order valence-electron chi connectivity index (χ4n) is 3.46. The summed E-state index contributed by atoms with van der Waals surface area (Å²) in [5.74, 6) is -0.700. The molecular weight excluding hydrogens is 398 g/mol. The van der Waals surface area contributed by atoms with Crippen LogP contribution in [0.4, 0.5) is 11.4 Å². The molecule has 1 unspecified atom stereocenters. The number of fused-ring (bicyclic) bond motifs is 1. The molecule has 0 fully saturated rings. The van der Waals surface area contributed by atoms with Crippen LogP contribution in [0, 0.1) is 0 Å². The van der Waals surface area contributed by atoms with Crippen LogP contribution in [0.2, 0.25) is 0 Å². The van der Waals surface area contributed by atoms with Gasteiger partial charge in [-0.15, -0.1) is 11.3 Å². The van der Waals surface area contributed by atoms with Crippen molar-refractivity contribution < 1.29 is 14.4 Å². The second kappa shape index (κ2) is 8.92. The Morgan fingerprint density at radius 2 is 1.77 bits per heavy atom. The van der Waals surface area contributed by atoms with Gasteiger partial charge in [0.05, 0.1) is 17.4 Å². The van der Waals surface area contributed by atoms with E-state index in [2.05, 4.69) is 10.6 Å². The van der Waals surface area contributed by atoms with Crippen molar-refractivity contribution in [3.05, 3.63) is 82.6 Å². The van der Waals surface area contributed by atoms with E-state index in [4.69, 9.17) is 0 Å². The number of hydrogen-bond donors (Lipinski definition) is 2. The van der Waals surface area contributed by atoms with Crippen molar-refractivity contribution in [3.63, 3.8) is 0 Å². The van der Waals surface area contributed by atoms with Gasteiger partial charge in [-0.2, -0.15) is 0 Å². The summed E-state index contributed by atoms with van der Waals surface area (Å²) in [6.45, 7) is -0.0424. The molecule has 0 saturated heterocycles. The molecule has 0 spiro atoms. The second-order valence-corrected chi connectivity index (χ2v) is 7.95. The summed E-state index contributed by atoms with van der Waals surface area (Å²) in [7, 11) is 0. The van der Waals surface area contributed by atoms with Crippen LogP contribution in [-0.2, 0) is 14.4 Å². The Labute approximate surface area is 178 Å². The number of thiophene rings is 1. The normalized spacial score (nSPS) is 13.9. The lowest BCUT2D eigenvalue weighted by Gasteiger charge is -2.29. The number of anilines is 2. The number of para-hydroxylation sites is 2. The summed E-state index contributed by atoms with van der Waals surface area (Å²) in [5.41, 5.74) is 2.25. The fraction of sp³-hybridized carbons (Fsp3) is 0.174. The van der Waals surface area contributed by atoms with E-state index >= 15 is 0 Å². The van der Waals surface area contributed by atoms with Gasteiger partial charge in [0.25, 0.3) is 0 Å². The van der Waals surface area contributed by atoms with Crippen LogP contribution in [0.5, 0.6) is 0 Å². The van der Waals surface area contributed by atoms with Gasteiger partial charge in [0.2, 0.25) is 17.7 Å². The third-order valence-electron chi connectivity index (χ3n) is 4.90. The van der Waals surface area contributed by atoms with Gasteiger partial charge in [-0.3, -0.25) is 14.4 Å². The van der Waals surface area contributed by atoms with Gasteiger partial charge in [-0.05, 0) is 29.1 Å². The lowest BCUT2D eigenvalue weighted by molar-refractivity contribution is -0.126. The van der Waals surface area contributed by atoms with E-state index in [0.717, 1.165) is 10.4 Å². The van der Waals surface area contributed by atoms with Gasteiger partial charge in [0.1, 0.15) is 6.54 Å². The first-order valence-electron chi connectivity index (χ1n) is 9.69. The molecule has 0 bridgehead atoms. The van der Waals surface area contributed by atoms with E-state index in [1.165, 1.54) is 4.90 Å². The van der Waals surface area contributed by atoms with Gasteiger partial charge in [0.15, 0.2) is 0 Å². The van der Waals surface area contributed by atoms with Crippen molar-refractivity contribution in [2.45, 2.75) is 18.9 Å². The molecule has 2 N–H and O–H groups in total. The SMILES string of the molecule is O=C1CN(C(=O)CCC(=O)NC(c2ccccc2)c2cccs2)c2ccccc2N1. The Morgan fingerprint density at radius 3 is 2.53 bits per heavy atom. The largest absolute Gasteiger partial charge is 0.344 e. The minimum absolute atomic E-state index is 0.0272. The van der Waals surface area contributed by atoms with Crippen molar-refractivity contribution in [3.8, 4) is 0 Å². The van der Waals surface area contributed by atoms with Gasteiger partial charge in [-0.1, -0.05) is 48.5 Å². The third kappa shape index (κ3) is 4.41. The topological polar surface area (TPSA) is 78.5 Å². The first-order valence-corrected chi connectivity index (χ1v) is 10.6. The molecule has 0 radical (unpaired) electrons. The Bertz CT molecular complexity index is 1050. The van der Waals surface area contributed by atoms with Crippen molar-refractivity contribution >= 4 is 40.4 Å². The van der Waals surface area contributed by atoms with Crippen molar-refractivity contribution in [1.29, 1.82) is 0 Å². The second-order valence-electron chi connectivity index (χ2n) is 6.97. The molecule has 2 heterocycles. The van der Waals surface area contributed by atoms with E-state index < -0.39 is 0 Å². The maximum absolute atomic E-state index is 12.8. The first-order chi connectivity index (χ1) is 14.6. The van der Waals surface area contributed by atoms with Crippen LogP contribution in [0.3, 0.4) is 0 Å². The number of nitrogens with one attached hydrogen (secondary N) is 2. The van der Waals surface area contributed by atoms with Gasteiger partial charge < -0.3 is 15.5 Å². The minimum Gasteiger partial charge on any atom is -0.344 e. The molecule has 1 aromatic heterocycles. The van der Waals surface area contributed by atoms with E-state index in [1.54, 1.807) is 29.5 Å². The number of rotatable bonds is 6. The summed E-state index contributed by atoms with van der Waals surface area (Å²) in [6.07, 6.45) is 0.0766. The van der Waals surface area contributed by atoms with E-state index in [1.807, 2.05) is 53.9 Å². The number of nitrogens with zero attached hydrogens (tertiary/aromatic N) is 1. The number of benzene rings is 2. The molecule has 1 atom stereocenters. The molecular formula is C23H21N3O3S. The third-order valence-corrected chi connectivity index (χ3v) is 5.84. The van der Waals surface area contributed by atoms with Crippen molar-refractivity contribution in [2.24, 2.45) is 0 Å². The summed E-state index contributed by atoms with van der Waals surface area (Å²) in [5, 5.41) is 7.77. The smallest absolute Gasteiger partial charge is 0.244 e. The highest BCUT2D eigenvalue weighted by molar-refractivity contribution is 7.10.